The van der Waals surface area contributed by atoms with E-state index in [1.54, 1.807) is 4.68 Å². The number of benzene rings is 1. The highest BCUT2D eigenvalue weighted by Crippen LogP contribution is 2.23. The maximum atomic E-state index is 4.06. The van der Waals surface area contributed by atoms with Gasteiger partial charge in [-0.15, -0.1) is 0 Å². The van der Waals surface area contributed by atoms with Gasteiger partial charge >= 0.3 is 0 Å². The van der Waals surface area contributed by atoms with E-state index in [0.29, 0.717) is 0 Å². The van der Waals surface area contributed by atoms with Crippen LogP contribution < -0.4 is 5.32 Å². The fraction of sp³-hybridized carbons (Fsp3) is 0.462. The van der Waals surface area contributed by atoms with Gasteiger partial charge in [-0.05, 0) is 52.8 Å². The van der Waals surface area contributed by atoms with Crippen molar-refractivity contribution in [3.8, 4) is 5.69 Å². The smallest absolute Gasteiger partial charge is 0.247 e. The summed E-state index contributed by atoms with van der Waals surface area (Å²) in [4.78, 5) is 0. The van der Waals surface area contributed by atoms with Crippen molar-refractivity contribution in [3.63, 3.8) is 0 Å². The molecule has 1 aromatic carbocycles. The monoisotopic (exact) mass is 275 g/mol. The Kier molecular flexibility index (Phi) is 3.98. The lowest BCUT2D eigenvalue weighted by molar-refractivity contribution is 0.514. The third-order valence-corrected chi connectivity index (χ3v) is 4.41. The number of thioether (sulfide) groups is 1. The van der Waals surface area contributed by atoms with Crippen LogP contribution in [0.2, 0.25) is 0 Å². The minimum atomic E-state index is 0.726. The lowest BCUT2D eigenvalue weighted by atomic mass is 10.0. The zero-order valence-electron chi connectivity index (χ0n) is 10.7. The maximum absolute atomic E-state index is 4.06. The molecule has 1 aliphatic heterocycles. The number of tetrazole rings is 1. The summed E-state index contributed by atoms with van der Waals surface area (Å²) >= 11 is 2.05. The fourth-order valence-corrected chi connectivity index (χ4v) is 3.43. The first-order chi connectivity index (χ1) is 9.43. The minimum Gasteiger partial charge on any atom is -0.352 e. The molecule has 1 aromatic heterocycles. The van der Waals surface area contributed by atoms with E-state index >= 15 is 0 Å². The molecule has 3 rings (SSSR count). The Bertz CT molecular complexity index is 507. The van der Waals surface area contributed by atoms with Crippen LogP contribution in [0.25, 0.3) is 5.69 Å². The molecule has 0 aliphatic carbocycles. The molecular formula is C13H17N5S. The molecule has 0 saturated carbocycles. The van der Waals surface area contributed by atoms with Crippen LogP contribution in [0.5, 0.6) is 0 Å². The van der Waals surface area contributed by atoms with Gasteiger partial charge in [0, 0.05) is 6.54 Å². The van der Waals surface area contributed by atoms with Crippen molar-refractivity contribution >= 4 is 17.7 Å². The summed E-state index contributed by atoms with van der Waals surface area (Å²) in [6, 6.07) is 9.95. The second-order valence-corrected chi connectivity index (χ2v) is 5.91. The molecule has 5 nitrogen and oxygen atoms in total. The standard InChI is InChI=1S/C13H17N5S/c1-2-4-12(5-3-1)18-13(15-16-17-18)14-10-11-6-8-19-9-7-11/h1-5,11H,6-10H2,(H,14,15,17). The highest BCUT2D eigenvalue weighted by Gasteiger charge is 2.15. The van der Waals surface area contributed by atoms with E-state index < -0.39 is 0 Å². The molecule has 100 valence electrons. The van der Waals surface area contributed by atoms with Gasteiger partial charge in [0.1, 0.15) is 0 Å². The molecule has 6 heteroatoms. The number of para-hydroxylation sites is 1. The Morgan fingerprint density at radius 2 is 2.00 bits per heavy atom. The van der Waals surface area contributed by atoms with Gasteiger partial charge in [0.25, 0.3) is 0 Å². The first-order valence-corrected chi connectivity index (χ1v) is 7.74. The molecule has 1 saturated heterocycles. The fourth-order valence-electron chi connectivity index (χ4n) is 2.23. The highest BCUT2D eigenvalue weighted by atomic mass is 32.2. The highest BCUT2D eigenvalue weighted by molar-refractivity contribution is 7.99. The second kappa shape index (κ2) is 6.06. The second-order valence-electron chi connectivity index (χ2n) is 4.69. The van der Waals surface area contributed by atoms with Crippen LogP contribution in [-0.2, 0) is 0 Å². The Morgan fingerprint density at radius 1 is 1.21 bits per heavy atom. The Labute approximate surface area is 116 Å². The summed E-state index contributed by atoms with van der Waals surface area (Å²) < 4.78 is 1.75. The van der Waals surface area contributed by atoms with Crippen molar-refractivity contribution in [1.82, 2.24) is 20.2 Å². The zero-order chi connectivity index (χ0) is 12.9. The van der Waals surface area contributed by atoms with E-state index in [9.17, 15) is 0 Å². The van der Waals surface area contributed by atoms with Crippen molar-refractivity contribution in [3.05, 3.63) is 30.3 Å². The summed E-state index contributed by atoms with van der Waals surface area (Å²) in [6.07, 6.45) is 2.56. The third-order valence-electron chi connectivity index (χ3n) is 3.36. The van der Waals surface area contributed by atoms with Gasteiger partial charge in [-0.3, -0.25) is 0 Å². The first-order valence-electron chi connectivity index (χ1n) is 6.59. The van der Waals surface area contributed by atoms with Gasteiger partial charge in [-0.2, -0.15) is 16.4 Å². The quantitative estimate of drug-likeness (QED) is 0.927. The predicted molar refractivity (Wildman–Crippen MR) is 77.7 cm³/mol. The van der Waals surface area contributed by atoms with Crippen LogP contribution in [-0.4, -0.2) is 38.3 Å². The number of nitrogens with zero attached hydrogens (tertiary/aromatic N) is 4. The van der Waals surface area contributed by atoms with Gasteiger partial charge < -0.3 is 5.32 Å². The number of rotatable bonds is 4. The predicted octanol–water partition coefficient (Wildman–Crippen LogP) is 2.22. The molecule has 2 heterocycles. The van der Waals surface area contributed by atoms with E-state index in [4.69, 9.17) is 0 Å². The average molecular weight is 275 g/mol. The summed E-state index contributed by atoms with van der Waals surface area (Å²) in [5.41, 5.74) is 0.981. The van der Waals surface area contributed by atoms with Gasteiger partial charge in [-0.1, -0.05) is 23.3 Å². The van der Waals surface area contributed by atoms with E-state index in [1.165, 1.54) is 24.3 Å². The number of anilines is 1. The lowest BCUT2D eigenvalue weighted by Crippen LogP contribution is -2.20. The summed E-state index contributed by atoms with van der Waals surface area (Å²) in [6.45, 7) is 0.952. The topological polar surface area (TPSA) is 55.6 Å². The number of aromatic nitrogens is 4. The van der Waals surface area contributed by atoms with Crippen molar-refractivity contribution < 1.29 is 0 Å². The molecule has 0 atom stereocenters. The SMILES string of the molecule is c1ccc(-n2nnnc2NCC2CCSCC2)cc1. The zero-order valence-corrected chi connectivity index (χ0v) is 11.5. The van der Waals surface area contributed by atoms with E-state index in [0.717, 1.165) is 24.1 Å². The largest absolute Gasteiger partial charge is 0.352 e. The Hall–Kier alpha value is -1.56. The van der Waals surface area contributed by atoms with E-state index in [2.05, 4.69) is 20.8 Å². The van der Waals surface area contributed by atoms with Crippen molar-refractivity contribution in [2.75, 3.05) is 23.4 Å². The molecule has 1 N–H and O–H groups in total. The maximum Gasteiger partial charge on any atom is 0.247 e. The van der Waals surface area contributed by atoms with Crippen LogP contribution >= 0.6 is 11.8 Å². The Morgan fingerprint density at radius 3 is 2.79 bits per heavy atom. The third kappa shape index (κ3) is 3.07. The molecule has 2 aromatic rings. The van der Waals surface area contributed by atoms with Crippen LogP contribution in [0.1, 0.15) is 12.8 Å². The molecule has 19 heavy (non-hydrogen) atoms. The van der Waals surface area contributed by atoms with Gasteiger partial charge in [-0.25, -0.2) is 0 Å². The normalized spacial score (nSPS) is 16.4. The molecule has 0 radical (unpaired) electrons. The summed E-state index contributed by atoms with van der Waals surface area (Å²) in [5, 5.41) is 15.2. The van der Waals surface area contributed by atoms with Gasteiger partial charge in [0.05, 0.1) is 5.69 Å². The van der Waals surface area contributed by atoms with Crippen molar-refractivity contribution in [2.24, 2.45) is 5.92 Å². The van der Waals surface area contributed by atoms with Crippen LogP contribution in [0, 0.1) is 5.92 Å². The molecule has 0 bridgehead atoms. The first kappa shape index (κ1) is 12.5. The average Bonchev–Trinajstić information content (AvgIpc) is 2.95. The lowest BCUT2D eigenvalue weighted by Gasteiger charge is -2.21. The number of hydrogen-bond acceptors (Lipinski definition) is 5. The molecular weight excluding hydrogens is 258 g/mol. The number of nitrogens with one attached hydrogen (secondary N) is 1. The van der Waals surface area contributed by atoms with Crippen molar-refractivity contribution in [2.45, 2.75) is 12.8 Å². The van der Waals surface area contributed by atoms with Crippen LogP contribution in [0.4, 0.5) is 5.95 Å². The summed E-state index contributed by atoms with van der Waals surface area (Å²) in [5.74, 6) is 4.01. The van der Waals surface area contributed by atoms with E-state index in [-0.39, 0.29) is 0 Å². The molecule has 1 aliphatic rings. The summed E-state index contributed by atoms with van der Waals surface area (Å²) in [7, 11) is 0. The van der Waals surface area contributed by atoms with Crippen LogP contribution in [0.3, 0.4) is 0 Å². The molecule has 0 amide bonds. The van der Waals surface area contributed by atoms with E-state index in [1.807, 2.05) is 42.1 Å². The molecule has 0 unspecified atom stereocenters. The van der Waals surface area contributed by atoms with Crippen molar-refractivity contribution in [1.29, 1.82) is 0 Å². The molecule has 0 spiro atoms. The van der Waals surface area contributed by atoms with Gasteiger partial charge in [0.2, 0.25) is 5.95 Å². The number of hydrogen-bond donors (Lipinski definition) is 1. The molecule has 1 fully saturated rings. The minimum absolute atomic E-state index is 0.726. The van der Waals surface area contributed by atoms with Crippen LogP contribution in [0.15, 0.2) is 30.3 Å². The van der Waals surface area contributed by atoms with Gasteiger partial charge in [0.15, 0.2) is 0 Å². The Balaban J connectivity index is 1.67.